The Hall–Kier alpha value is -2.95. The van der Waals surface area contributed by atoms with Gasteiger partial charge in [-0.05, 0) is 42.7 Å². The van der Waals surface area contributed by atoms with Gasteiger partial charge >= 0.3 is 0 Å². The summed E-state index contributed by atoms with van der Waals surface area (Å²) in [5.41, 5.74) is 4.59. The molecule has 2 amide bonds. The minimum absolute atomic E-state index is 0.0373. The van der Waals surface area contributed by atoms with E-state index >= 15 is 0 Å². The molecular weight excluding hydrogens is 338 g/mol. The Morgan fingerprint density at radius 1 is 0.963 bits per heavy atom. The van der Waals surface area contributed by atoms with Crippen molar-refractivity contribution in [3.8, 4) is 0 Å². The Labute approximate surface area is 160 Å². The molecule has 2 N–H and O–H groups in total. The summed E-state index contributed by atoms with van der Waals surface area (Å²) in [5, 5.41) is 6.90. The van der Waals surface area contributed by atoms with E-state index in [2.05, 4.69) is 29.7 Å². The lowest BCUT2D eigenvalue weighted by Gasteiger charge is -2.15. The van der Waals surface area contributed by atoms with E-state index in [0.717, 1.165) is 31.2 Å². The highest BCUT2D eigenvalue weighted by Crippen LogP contribution is 2.17. The molecule has 2 aromatic rings. The molecule has 27 heavy (non-hydrogen) atoms. The quantitative estimate of drug-likeness (QED) is 0.503. The third-order valence-electron chi connectivity index (χ3n) is 4.24. The van der Waals surface area contributed by atoms with E-state index in [-0.39, 0.29) is 17.7 Å². The minimum atomic E-state index is -0.296. The van der Waals surface area contributed by atoms with Gasteiger partial charge in [-0.2, -0.15) is 5.10 Å². The molecule has 142 valence electrons. The van der Waals surface area contributed by atoms with Crippen LogP contribution in [0, 0.1) is 5.92 Å². The highest BCUT2D eigenvalue weighted by atomic mass is 16.2. The molecule has 0 aliphatic rings. The maximum atomic E-state index is 12.4. The van der Waals surface area contributed by atoms with Crippen LogP contribution in [-0.2, 0) is 4.79 Å². The van der Waals surface area contributed by atoms with E-state index in [1.54, 1.807) is 30.5 Å². The second kappa shape index (κ2) is 10.9. The first-order valence-electron chi connectivity index (χ1n) is 9.43. The fourth-order valence-electron chi connectivity index (χ4n) is 2.82. The van der Waals surface area contributed by atoms with Gasteiger partial charge in [0, 0.05) is 17.2 Å². The molecule has 0 aliphatic heterocycles. The number of amides is 2. The molecule has 0 atom stereocenters. The highest BCUT2D eigenvalue weighted by molar-refractivity contribution is 5.96. The zero-order chi connectivity index (χ0) is 19.5. The summed E-state index contributed by atoms with van der Waals surface area (Å²) in [6.45, 7) is 4.17. The summed E-state index contributed by atoms with van der Waals surface area (Å²) in [6, 6.07) is 16.4. The van der Waals surface area contributed by atoms with Gasteiger partial charge in [0.1, 0.15) is 0 Å². The van der Waals surface area contributed by atoms with Crippen molar-refractivity contribution in [3.63, 3.8) is 0 Å². The smallest absolute Gasteiger partial charge is 0.271 e. The van der Waals surface area contributed by atoms with Crippen LogP contribution in [0.3, 0.4) is 0 Å². The van der Waals surface area contributed by atoms with Gasteiger partial charge in [0.25, 0.3) is 5.91 Å². The molecule has 5 heteroatoms. The van der Waals surface area contributed by atoms with Crippen LogP contribution in [0.25, 0.3) is 0 Å². The number of carbonyl (C=O) groups is 2. The van der Waals surface area contributed by atoms with Gasteiger partial charge in [-0.1, -0.05) is 57.0 Å². The lowest BCUT2D eigenvalue weighted by molar-refractivity contribution is -0.120. The van der Waals surface area contributed by atoms with Crippen molar-refractivity contribution in [3.05, 3.63) is 65.7 Å². The van der Waals surface area contributed by atoms with Crippen LogP contribution in [0.5, 0.6) is 0 Å². The Bertz CT molecular complexity index is 749. The molecular formula is C22H27N3O2. The Kier molecular flexibility index (Phi) is 8.23. The standard InChI is InChI=1S/C22H27N3O2/c1-3-8-18(9-4-2)21(26)24-20-14-12-19(13-15-20)22(27)25-23-16-17-10-6-5-7-11-17/h5-7,10-16,18H,3-4,8-9H2,1-2H3,(H,24,26)(H,25,27)/b23-16+. The number of hydrogen-bond acceptors (Lipinski definition) is 3. The van der Waals surface area contributed by atoms with E-state index < -0.39 is 0 Å². The average molecular weight is 365 g/mol. The number of hydrazone groups is 1. The fraction of sp³-hybridized carbons (Fsp3) is 0.318. The van der Waals surface area contributed by atoms with E-state index in [1.165, 1.54) is 0 Å². The highest BCUT2D eigenvalue weighted by Gasteiger charge is 2.16. The summed E-state index contributed by atoms with van der Waals surface area (Å²) in [6.07, 6.45) is 5.34. The van der Waals surface area contributed by atoms with Crippen LogP contribution in [0.15, 0.2) is 59.7 Å². The summed E-state index contributed by atoms with van der Waals surface area (Å²) < 4.78 is 0. The first-order valence-corrected chi connectivity index (χ1v) is 9.43. The average Bonchev–Trinajstić information content (AvgIpc) is 2.69. The van der Waals surface area contributed by atoms with Crippen molar-refractivity contribution in [2.75, 3.05) is 5.32 Å². The molecule has 0 radical (unpaired) electrons. The second-order valence-corrected chi connectivity index (χ2v) is 6.45. The van der Waals surface area contributed by atoms with Crippen molar-refractivity contribution in [1.82, 2.24) is 5.43 Å². The molecule has 0 unspecified atom stereocenters. The van der Waals surface area contributed by atoms with Gasteiger partial charge in [-0.15, -0.1) is 0 Å². The van der Waals surface area contributed by atoms with Gasteiger partial charge in [0.2, 0.25) is 5.91 Å². The van der Waals surface area contributed by atoms with Gasteiger partial charge in [-0.25, -0.2) is 5.43 Å². The Morgan fingerprint density at radius 3 is 2.19 bits per heavy atom. The number of benzene rings is 2. The number of nitrogens with one attached hydrogen (secondary N) is 2. The second-order valence-electron chi connectivity index (χ2n) is 6.45. The molecule has 0 bridgehead atoms. The van der Waals surface area contributed by atoms with Crippen molar-refractivity contribution < 1.29 is 9.59 Å². The number of carbonyl (C=O) groups excluding carboxylic acids is 2. The number of nitrogens with zero attached hydrogens (tertiary/aromatic N) is 1. The SMILES string of the molecule is CCCC(CCC)C(=O)Nc1ccc(C(=O)N/N=C/c2ccccc2)cc1. The number of anilines is 1. The van der Waals surface area contributed by atoms with Crippen LogP contribution in [0.4, 0.5) is 5.69 Å². The fourth-order valence-corrected chi connectivity index (χ4v) is 2.82. The zero-order valence-corrected chi connectivity index (χ0v) is 15.9. The molecule has 0 saturated heterocycles. The largest absolute Gasteiger partial charge is 0.326 e. The molecule has 5 nitrogen and oxygen atoms in total. The zero-order valence-electron chi connectivity index (χ0n) is 15.9. The summed E-state index contributed by atoms with van der Waals surface area (Å²) in [7, 11) is 0. The van der Waals surface area contributed by atoms with Crippen molar-refractivity contribution in [2.24, 2.45) is 11.0 Å². The predicted molar refractivity (Wildman–Crippen MR) is 110 cm³/mol. The van der Waals surface area contributed by atoms with Crippen molar-refractivity contribution >= 4 is 23.7 Å². The molecule has 0 heterocycles. The molecule has 0 aliphatic carbocycles. The van der Waals surface area contributed by atoms with Gasteiger partial charge < -0.3 is 5.32 Å². The van der Waals surface area contributed by atoms with Crippen LogP contribution >= 0.6 is 0 Å². The van der Waals surface area contributed by atoms with Crippen LogP contribution in [-0.4, -0.2) is 18.0 Å². The summed E-state index contributed by atoms with van der Waals surface area (Å²) >= 11 is 0. The first kappa shape index (κ1) is 20.4. The minimum Gasteiger partial charge on any atom is -0.326 e. The molecule has 2 rings (SSSR count). The lowest BCUT2D eigenvalue weighted by atomic mass is 9.97. The molecule has 0 aromatic heterocycles. The monoisotopic (exact) mass is 365 g/mol. The van der Waals surface area contributed by atoms with Crippen LogP contribution < -0.4 is 10.7 Å². The molecule has 0 saturated carbocycles. The Morgan fingerprint density at radius 2 is 1.59 bits per heavy atom. The summed E-state index contributed by atoms with van der Waals surface area (Å²) in [5.74, 6) is -0.214. The van der Waals surface area contributed by atoms with E-state index in [4.69, 9.17) is 0 Å². The Balaban J connectivity index is 1.91. The van der Waals surface area contributed by atoms with Gasteiger partial charge in [-0.3, -0.25) is 9.59 Å². The molecule has 0 spiro atoms. The maximum Gasteiger partial charge on any atom is 0.271 e. The van der Waals surface area contributed by atoms with Crippen LogP contribution in [0.1, 0.15) is 55.5 Å². The third kappa shape index (κ3) is 6.70. The van der Waals surface area contributed by atoms with Gasteiger partial charge in [0.05, 0.1) is 6.21 Å². The van der Waals surface area contributed by atoms with E-state index in [9.17, 15) is 9.59 Å². The van der Waals surface area contributed by atoms with Crippen molar-refractivity contribution in [2.45, 2.75) is 39.5 Å². The van der Waals surface area contributed by atoms with Gasteiger partial charge in [0.15, 0.2) is 0 Å². The summed E-state index contributed by atoms with van der Waals surface area (Å²) in [4.78, 5) is 24.5. The predicted octanol–water partition coefficient (Wildman–Crippen LogP) is 4.61. The third-order valence-corrected chi connectivity index (χ3v) is 4.24. The normalized spacial score (nSPS) is 10.9. The number of hydrogen-bond donors (Lipinski definition) is 2. The molecule has 0 fully saturated rings. The van der Waals surface area contributed by atoms with E-state index in [1.807, 2.05) is 30.3 Å². The van der Waals surface area contributed by atoms with Crippen molar-refractivity contribution in [1.29, 1.82) is 0 Å². The topological polar surface area (TPSA) is 70.6 Å². The number of rotatable bonds is 9. The van der Waals surface area contributed by atoms with E-state index in [0.29, 0.717) is 11.3 Å². The molecule has 2 aromatic carbocycles. The van der Waals surface area contributed by atoms with Crippen LogP contribution in [0.2, 0.25) is 0 Å². The lowest BCUT2D eigenvalue weighted by Crippen LogP contribution is -2.23. The first-order chi connectivity index (χ1) is 13.1. The maximum absolute atomic E-state index is 12.4.